The van der Waals surface area contributed by atoms with Crippen molar-refractivity contribution in [3.05, 3.63) is 59.7 Å². The van der Waals surface area contributed by atoms with Crippen molar-refractivity contribution in [3.8, 4) is 0 Å². The minimum absolute atomic E-state index is 0.667. The number of nitrogens with one attached hydrogen (secondary N) is 2. The molecular formula is C24H28N2. The molecule has 134 valence electrons. The Morgan fingerprint density at radius 1 is 0.577 bits per heavy atom. The van der Waals surface area contributed by atoms with Crippen LogP contribution in [0.1, 0.15) is 38.8 Å². The largest absolute Gasteiger partial charge is 0.352 e. The summed E-state index contributed by atoms with van der Waals surface area (Å²) in [5, 5.41) is 9.83. The van der Waals surface area contributed by atoms with Crippen molar-refractivity contribution in [2.75, 3.05) is 10.6 Å². The van der Waals surface area contributed by atoms with Gasteiger partial charge in [0.05, 0.1) is 22.7 Å². The van der Waals surface area contributed by atoms with Gasteiger partial charge >= 0.3 is 0 Å². The van der Waals surface area contributed by atoms with Crippen molar-refractivity contribution < 1.29 is 0 Å². The highest BCUT2D eigenvalue weighted by atomic mass is 15.0. The zero-order valence-corrected chi connectivity index (χ0v) is 16.2. The predicted molar refractivity (Wildman–Crippen MR) is 114 cm³/mol. The van der Waals surface area contributed by atoms with Crippen LogP contribution in [0.2, 0.25) is 0 Å². The molecule has 2 heteroatoms. The third-order valence-corrected chi connectivity index (χ3v) is 4.95. The van der Waals surface area contributed by atoms with Gasteiger partial charge in [-0.3, -0.25) is 0 Å². The lowest BCUT2D eigenvalue weighted by molar-refractivity contribution is 0.647. The van der Waals surface area contributed by atoms with Gasteiger partial charge in [0.15, 0.2) is 0 Å². The van der Waals surface area contributed by atoms with Gasteiger partial charge in [-0.25, -0.2) is 0 Å². The van der Waals surface area contributed by atoms with E-state index in [1.807, 2.05) is 0 Å². The lowest BCUT2D eigenvalue weighted by atomic mass is 9.98. The van der Waals surface area contributed by atoms with Crippen molar-refractivity contribution in [1.29, 1.82) is 0 Å². The normalized spacial score (nSPS) is 12.7. The molecule has 1 aliphatic heterocycles. The van der Waals surface area contributed by atoms with E-state index in [0.29, 0.717) is 11.8 Å². The Balaban J connectivity index is 1.69. The molecule has 0 spiro atoms. The standard InChI is InChI=1S/C24H28N2/c1-15(2)9-17-5-7-19-13-23-24(14-20(19)11-17)26-22-12-18(10-16(3)4)6-8-21(22)25-23/h5-8,11-16,25-26H,9-10H2,1-4H3. The zero-order valence-electron chi connectivity index (χ0n) is 16.2. The monoisotopic (exact) mass is 344 g/mol. The summed E-state index contributed by atoms with van der Waals surface area (Å²) in [6.45, 7) is 9.07. The molecule has 4 rings (SSSR count). The molecule has 1 heterocycles. The lowest BCUT2D eigenvalue weighted by Gasteiger charge is -2.24. The first-order valence-electron chi connectivity index (χ1n) is 9.71. The van der Waals surface area contributed by atoms with Crippen LogP contribution < -0.4 is 10.6 Å². The highest BCUT2D eigenvalue weighted by Gasteiger charge is 2.16. The topological polar surface area (TPSA) is 24.1 Å². The molecule has 0 saturated heterocycles. The van der Waals surface area contributed by atoms with Crippen molar-refractivity contribution in [2.45, 2.75) is 40.5 Å². The van der Waals surface area contributed by atoms with Gasteiger partial charge in [0, 0.05) is 0 Å². The summed E-state index contributed by atoms with van der Waals surface area (Å²) in [6, 6.07) is 18.1. The average Bonchev–Trinajstić information content (AvgIpc) is 2.57. The van der Waals surface area contributed by atoms with E-state index in [-0.39, 0.29) is 0 Å². The van der Waals surface area contributed by atoms with Crippen LogP contribution in [0.3, 0.4) is 0 Å². The van der Waals surface area contributed by atoms with Crippen LogP contribution in [-0.4, -0.2) is 0 Å². The van der Waals surface area contributed by atoms with Crippen LogP contribution in [0.15, 0.2) is 48.5 Å². The van der Waals surface area contributed by atoms with E-state index in [9.17, 15) is 0 Å². The molecule has 2 N–H and O–H groups in total. The molecule has 0 aromatic heterocycles. The minimum Gasteiger partial charge on any atom is -0.352 e. The first-order chi connectivity index (χ1) is 12.5. The minimum atomic E-state index is 0.667. The maximum absolute atomic E-state index is 3.64. The van der Waals surface area contributed by atoms with Gasteiger partial charge in [0.1, 0.15) is 0 Å². The molecule has 3 aromatic rings. The van der Waals surface area contributed by atoms with Gasteiger partial charge in [-0.1, -0.05) is 52.0 Å². The second kappa shape index (κ2) is 6.68. The van der Waals surface area contributed by atoms with E-state index < -0.39 is 0 Å². The van der Waals surface area contributed by atoms with E-state index in [1.54, 1.807) is 0 Å². The summed E-state index contributed by atoms with van der Waals surface area (Å²) in [5.41, 5.74) is 7.44. The molecule has 0 fully saturated rings. The quantitative estimate of drug-likeness (QED) is 0.415. The summed E-state index contributed by atoms with van der Waals surface area (Å²) < 4.78 is 0. The molecule has 1 aliphatic rings. The number of hydrogen-bond acceptors (Lipinski definition) is 2. The van der Waals surface area contributed by atoms with Gasteiger partial charge in [-0.05, 0) is 70.8 Å². The van der Waals surface area contributed by atoms with E-state index in [2.05, 4.69) is 86.9 Å². The second-order valence-corrected chi connectivity index (χ2v) is 8.41. The lowest BCUT2D eigenvalue weighted by Crippen LogP contribution is -2.07. The number of rotatable bonds is 4. The summed E-state index contributed by atoms with van der Waals surface area (Å²) in [6.07, 6.45) is 2.23. The van der Waals surface area contributed by atoms with E-state index >= 15 is 0 Å². The Bertz CT molecular complexity index is 954. The van der Waals surface area contributed by atoms with E-state index in [0.717, 1.165) is 29.9 Å². The van der Waals surface area contributed by atoms with Crippen LogP contribution >= 0.6 is 0 Å². The summed E-state index contributed by atoms with van der Waals surface area (Å²) in [7, 11) is 0. The molecule has 0 unspecified atom stereocenters. The summed E-state index contributed by atoms with van der Waals surface area (Å²) in [5.74, 6) is 1.34. The highest BCUT2D eigenvalue weighted by molar-refractivity contribution is 5.99. The van der Waals surface area contributed by atoms with Crippen LogP contribution in [0.5, 0.6) is 0 Å². The summed E-state index contributed by atoms with van der Waals surface area (Å²) in [4.78, 5) is 0. The Hall–Kier alpha value is -2.48. The molecule has 3 aromatic carbocycles. The fraction of sp³-hybridized carbons (Fsp3) is 0.333. The number of hydrogen-bond donors (Lipinski definition) is 2. The third kappa shape index (κ3) is 3.41. The van der Waals surface area contributed by atoms with E-state index in [1.165, 1.54) is 27.6 Å². The molecule has 0 atom stereocenters. The molecule has 0 bridgehead atoms. The third-order valence-electron chi connectivity index (χ3n) is 4.95. The Labute approximate surface area is 156 Å². The van der Waals surface area contributed by atoms with E-state index in [4.69, 9.17) is 0 Å². The predicted octanol–water partition coefficient (Wildman–Crippen LogP) is 7.04. The molecule has 0 saturated carbocycles. The molecule has 2 nitrogen and oxygen atoms in total. The smallest absolute Gasteiger partial charge is 0.0630 e. The fourth-order valence-electron chi connectivity index (χ4n) is 3.84. The SMILES string of the molecule is CC(C)Cc1ccc2c(c1)Nc1cc3cc(CC(C)C)ccc3cc1N2. The van der Waals surface area contributed by atoms with Gasteiger partial charge in [-0.2, -0.15) is 0 Å². The molecule has 0 radical (unpaired) electrons. The average molecular weight is 345 g/mol. The molecule has 26 heavy (non-hydrogen) atoms. The van der Waals surface area contributed by atoms with Gasteiger partial charge < -0.3 is 10.6 Å². The molecular weight excluding hydrogens is 316 g/mol. The molecule has 0 amide bonds. The zero-order chi connectivity index (χ0) is 18.3. The van der Waals surface area contributed by atoms with Crippen LogP contribution in [0.4, 0.5) is 22.7 Å². The summed E-state index contributed by atoms with van der Waals surface area (Å²) >= 11 is 0. The van der Waals surface area contributed by atoms with Crippen molar-refractivity contribution in [1.82, 2.24) is 0 Å². The van der Waals surface area contributed by atoms with Gasteiger partial charge in [0.25, 0.3) is 0 Å². The van der Waals surface area contributed by atoms with Crippen molar-refractivity contribution in [3.63, 3.8) is 0 Å². The Kier molecular flexibility index (Phi) is 4.36. The maximum Gasteiger partial charge on any atom is 0.0630 e. The second-order valence-electron chi connectivity index (χ2n) is 8.41. The fourth-order valence-corrected chi connectivity index (χ4v) is 3.84. The Morgan fingerprint density at radius 2 is 1.12 bits per heavy atom. The van der Waals surface area contributed by atoms with Crippen molar-refractivity contribution in [2.24, 2.45) is 11.8 Å². The number of anilines is 4. The Morgan fingerprint density at radius 3 is 1.81 bits per heavy atom. The maximum atomic E-state index is 3.64. The number of fused-ring (bicyclic) bond motifs is 3. The van der Waals surface area contributed by atoms with Gasteiger partial charge in [-0.15, -0.1) is 0 Å². The van der Waals surface area contributed by atoms with Crippen molar-refractivity contribution >= 4 is 33.5 Å². The highest BCUT2D eigenvalue weighted by Crippen LogP contribution is 2.41. The van der Waals surface area contributed by atoms with Crippen LogP contribution in [0, 0.1) is 11.8 Å². The number of benzene rings is 3. The molecule has 0 aliphatic carbocycles. The first kappa shape index (κ1) is 17.0. The van der Waals surface area contributed by atoms with Gasteiger partial charge in [0.2, 0.25) is 0 Å². The van der Waals surface area contributed by atoms with Crippen LogP contribution in [0.25, 0.3) is 10.8 Å². The van der Waals surface area contributed by atoms with Crippen LogP contribution in [-0.2, 0) is 12.8 Å². The first-order valence-corrected chi connectivity index (χ1v) is 9.71.